The number of hydrogen-bond acceptors (Lipinski definition) is 5. The number of phenols is 1. The lowest BCUT2D eigenvalue weighted by Crippen LogP contribution is -2.11. The Balaban J connectivity index is 2.16. The molecule has 3 rings (SSSR count). The molecule has 0 aromatic heterocycles. The van der Waals surface area contributed by atoms with Crippen molar-refractivity contribution in [1.29, 1.82) is 0 Å². The minimum absolute atomic E-state index is 0.00889. The van der Waals surface area contributed by atoms with Gasteiger partial charge in [-0.05, 0) is 30.3 Å². The van der Waals surface area contributed by atoms with Gasteiger partial charge in [-0.3, -0.25) is 4.79 Å². The number of amides is 1. The van der Waals surface area contributed by atoms with E-state index in [2.05, 4.69) is 5.32 Å². The number of phenolic OH excluding ortho intramolecular Hbond substituents is 1. The van der Waals surface area contributed by atoms with Gasteiger partial charge in [0.15, 0.2) is 15.6 Å². The van der Waals surface area contributed by atoms with Crippen molar-refractivity contribution in [2.24, 2.45) is 0 Å². The van der Waals surface area contributed by atoms with Gasteiger partial charge in [-0.15, -0.1) is 0 Å². The number of carbonyl (C=O) groups is 1. The predicted octanol–water partition coefficient (Wildman–Crippen LogP) is 2.15. The number of rotatable bonds is 1. The van der Waals surface area contributed by atoms with E-state index in [-0.39, 0.29) is 27.6 Å². The highest BCUT2D eigenvalue weighted by atomic mass is 32.2. The highest BCUT2D eigenvalue weighted by molar-refractivity contribution is 7.90. The first-order valence-corrected chi connectivity index (χ1v) is 7.91. The molecule has 1 aliphatic heterocycles. The molecule has 1 amide bonds. The van der Waals surface area contributed by atoms with Crippen LogP contribution in [0.2, 0.25) is 0 Å². The van der Waals surface area contributed by atoms with Gasteiger partial charge < -0.3 is 15.2 Å². The third kappa shape index (κ3) is 2.31. The van der Waals surface area contributed by atoms with Crippen molar-refractivity contribution in [3.05, 3.63) is 42.0 Å². The monoisotopic (exact) mass is 305 g/mol. The molecule has 7 heteroatoms. The fourth-order valence-corrected chi connectivity index (χ4v) is 2.71. The Bertz CT molecular complexity index is 858. The number of sulfone groups is 1. The van der Waals surface area contributed by atoms with E-state index in [1.165, 1.54) is 24.3 Å². The van der Waals surface area contributed by atoms with E-state index in [0.717, 1.165) is 6.26 Å². The van der Waals surface area contributed by atoms with Gasteiger partial charge in [-0.25, -0.2) is 8.42 Å². The molecule has 1 heterocycles. The van der Waals surface area contributed by atoms with E-state index in [4.69, 9.17) is 4.74 Å². The zero-order valence-corrected chi connectivity index (χ0v) is 11.8. The molecule has 0 radical (unpaired) electrons. The van der Waals surface area contributed by atoms with Gasteiger partial charge in [-0.2, -0.15) is 0 Å². The molecule has 0 saturated heterocycles. The first-order chi connectivity index (χ1) is 9.86. The van der Waals surface area contributed by atoms with Gasteiger partial charge in [0, 0.05) is 6.26 Å². The van der Waals surface area contributed by atoms with Crippen LogP contribution in [0.25, 0.3) is 0 Å². The van der Waals surface area contributed by atoms with Crippen molar-refractivity contribution < 1.29 is 23.1 Å². The topological polar surface area (TPSA) is 92.7 Å². The fraction of sp³-hybridized carbons (Fsp3) is 0.0714. The van der Waals surface area contributed by atoms with E-state index in [1.54, 1.807) is 12.1 Å². The van der Waals surface area contributed by atoms with Crippen molar-refractivity contribution in [3.63, 3.8) is 0 Å². The van der Waals surface area contributed by atoms with Gasteiger partial charge >= 0.3 is 0 Å². The number of aromatic hydroxyl groups is 1. The molecule has 21 heavy (non-hydrogen) atoms. The second-order valence-corrected chi connectivity index (χ2v) is 6.65. The van der Waals surface area contributed by atoms with E-state index in [1.807, 2.05) is 0 Å². The smallest absolute Gasteiger partial charge is 0.263 e. The van der Waals surface area contributed by atoms with Crippen LogP contribution < -0.4 is 10.1 Å². The molecule has 108 valence electrons. The summed E-state index contributed by atoms with van der Waals surface area (Å²) in [7, 11) is -3.40. The average molecular weight is 305 g/mol. The predicted molar refractivity (Wildman–Crippen MR) is 75.7 cm³/mol. The van der Waals surface area contributed by atoms with E-state index < -0.39 is 15.7 Å². The van der Waals surface area contributed by atoms with Crippen molar-refractivity contribution >= 4 is 21.4 Å². The molecule has 0 spiro atoms. The maximum atomic E-state index is 12.1. The van der Waals surface area contributed by atoms with Crippen LogP contribution in [0.15, 0.2) is 41.3 Å². The molecule has 2 N–H and O–H groups in total. The normalized spacial score (nSPS) is 13.5. The molecule has 0 fully saturated rings. The summed E-state index contributed by atoms with van der Waals surface area (Å²) in [4.78, 5) is 12.2. The average Bonchev–Trinajstić information content (AvgIpc) is 2.53. The van der Waals surface area contributed by atoms with E-state index >= 15 is 0 Å². The van der Waals surface area contributed by atoms with Gasteiger partial charge in [0.2, 0.25) is 0 Å². The first kappa shape index (κ1) is 13.4. The van der Waals surface area contributed by atoms with Crippen LogP contribution in [0.4, 0.5) is 5.69 Å². The van der Waals surface area contributed by atoms with Crippen LogP contribution in [0.5, 0.6) is 17.2 Å². The van der Waals surface area contributed by atoms with Gasteiger partial charge in [-0.1, -0.05) is 6.07 Å². The summed E-state index contributed by atoms with van der Waals surface area (Å²) in [5.74, 6) is -0.257. The largest absolute Gasteiger partial charge is 0.507 e. The lowest BCUT2D eigenvalue weighted by Gasteiger charge is -2.08. The Morgan fingerprint density at radius 2 is 1.90 bits per heavy atom. The van der Waals surface area contributed by atoms with Crippen molar-refractivity contribution in [3.8, 4) is 17.2 Å². The van der Waals surface area contributed by atoms with E-state index in [0.29, 0.717) is 5.75 Å². The lowest BCUT2D eigenvalue weighted by molar-refractivity contribution is 0.102. The highest BCUT2D eigenvalue weighted by Crippen LogP contribution is 2.39. The SMILES string of the molecule is CS(=O)(=O)c1ccc2c(c1)NC(=O)c1c(O)cccc1O2. The number of fused-ring (bicyclic) bond motifs is 2. The summed E-state index contributed by atoms with van der Waals surface area (Å²) in [6.45, 7) is 0. The van der Waals surface area contributed by atoms with Crippen LogP contribution >= 0.6 is 0 Å². The number of ether oxygens (including phenoxy) is 1. The summed E-state index contributed by atoms with van der Waals surface area (Å²) in [6.07, 6.45) is 1.08. The Hall–Kier alpha value is -2.54. The Kier molecular flexibility index (Phi) is 2.87. The molecule has 1 aliphatic rings. The van der Waals surface area contributed by atoms with Gasteiger partial charge in [0.1, 0.15) is 17.1 Å². The Morgan fingerprint density at radius 1 is 1.14 bits per heavy atom. The van der Waals surface area contributed by atoms with Crippen molar-refractivity contribution in [2.75, 3.05) is 11.6 Å². The molecular formula is C14H11NO5S. The molecule has 2 aromatic carbocycles. The van der Waals surface area contributed by atoms with Gasteiger partial charge in [0.05, 0.1) is 10.6 Å². The summed E-state index contributed by atoms with van der Waals surface area (Å²) in [5, 5.41) is 12.3. The molecule has 0 aliphatic carbocycles. The number of anilines is 1. The second kappa shape index (κ2) is 4.49. The molecule has 0 saturated carbocycles. The third-order valence-corrected chi connectivity index (χ3v) is 4.19. The Morgan fingerprint density at radius 3 is 2.62 bits per heavy atom. The molecule has 0 atom stereocenters. The summed E-state index contributed by atoms with van der Waals surface area (Å²) in [5.41, 5.74) is 0.244. The zero-order chi connectivity index (χ0) is 15.2. The number of carbonyl (C=O) groups excluding carboxylic acids is 1. The van der Waals surface area contributed by atoms with Crippen LogP contribution in [0, 0.1) is 0 Å². The molecule has 2 aromatic rings. The molecule has 0 bridgehead atoms. The maximum absolute atomic E-state index is 12.1. The maximum Gasteiger partial charge on any atom is 0.263 e. The highest BCUT2D eigenvalue weighted by Gasteiger charge is 2.24. The molecule has 6 nitrogen and oxygen atoms in total. The Labute approximate surface area is 120 Å². The summed E-state index contributed by atoms with van der Waals surface area (Å²) in [6, 6.07) is 8.66. The number of hydrogen-bond donors (Lipinski definition) is 2. The van der Waals surface area contributed by atoms with Crippen LogP contribution in [-0.4, -0.2) is 25.7 Å². The lowest BCUT2D eigenvalue weighted by atomic mass is 10.1. The van der Waals surface area contributed by atoms with Crippen molar-refractivity contribution in [2.45, 2.75) is 4.90 Å². The molecular weight excluding hydrogens is 294 g/mol. The van der Waals surface area contributed by atoms with Gasteiger partial charge in [0.25, 0.3) is 5.91 Å². The molecule has 0 unspecified atom stereocenters. The fourth-order valence-electron chi connectivity index (χ4n) is 2.06. The standard InChI is InChI=1S/C14H11NO5S/c1-21(18,19)8-5-6-11-9(7-8)15-14(17)13-10(16)3-2-4-12(13)20-11/h2-7,16H,1H3,(H,15,17). The zero-order valence-electron chi connectivity index (χ0n) is 11.0. The minimum Gasteiger partial charge on any atom is -0.507 e. The second-order valence-electron chi connectivity index (χ2n) is 4.64. The summed E-state index contributed by atoms with van der Waals surface area (Å²) >= 11 is 0. The summed E-state index contributed by atoms with van der Waals surface area (Å²) < 4.78 is 28.7. The van der Waals surface area contributed by atoms with Crippen LogP contribution in [0.3, 0.4) is 0 Å². The first-order valence-electron chi connectivity index (χ1n) is 6.01. The number of benzene rings is 2. The van der Waals surface area contributed by atoms with E-state index in [9.17, 15) is 18.3 Å². The quantitative estimate of drug-likeness (QED) is 0.842. The third-order valence-electron chi connectivity index (χ3n) is 3.08. The van der Waals surface area contributed by atoms with Crippen LogP contribution in [-0.2, 0) is 9.84 Å². The van der Waals surface area contributed by atoms with Crippen LogP contribution in [0.1, 0.15) is 10.4 Å². The number of nitrogens with one attached hydrogen (secondary N) is 1. The minimum atomic E-state index is -3.40. The van der Waals surface area contributed by atoms with Crippen molar-refractivity contribution in [1.82, 2.24) is 0 Å².